The van der Waals surface area contributed by atoms with E-state index in [1.54, 1.807) is 7.11 Å². The van der Waals surface area contributed by atoms with Crippen LogP contribution in [-0.2, 0) is 0 Å². The van der Waals surface area contributed by atoms with Crippen LogP contribution in [0.2, 0.25) is 0 Å². The van der Waals surface area contributed by atoms with Gasteiger partial charge in [-0.2, -0.15) is 0 Å². The number of fused-ring (bicyclic) bond motifs is 1. The summed E-state index contributed by atoms with van der Waals surface area (Å²) in [6.45, 7) is 8.41. The summed E-state index contributed by atoms with van der Waals surface area (Å²) in [6.07, 6.45) is 3.97. The topological polar surface area (TPSA) is 30.9 Å². The van der Waals surface area contributed by atoms with Crippen molar-refractivity contribution in [3.8, 4) is 34.1 Å². The average Bonchev–Trinajstić information content (AvgIpc) is 3.23. The molecule has 0 radical (unpaired) electrons. The smallest absolute Gasteiger partial charge is 0.143 e. The lowest BCUT2D eigenvalue weighted by Gasteiger charge is -2.26. The van der Waals surface area contributed by atoms with Gasteiger partial charge in [0.25, 0.3) is 0 Å². The van der Waals surface area contributed by atoms with Gasteiger partial charge in [-0.1, -0.05) is 12.5 Å². The summed E-state index contributed by atoms with van der Waals surface area (Å²) in [7, 11) is 1.70. The molecule has 0 unspecified atom stereocenters. The first-order valence-electron chi connectivity index (χ1n) is 12.4. The Morgan fingerprint density at radius 3 is 2.26 bits per heavy atom. The predicted molar refractivity (Wildman–Crippen MR) is 146 cm³/mol. The Hall–Kier alpha value is -3.02. The molecule has 0 atom stereocenters. The highest BCUT2D eigenvalue weighted by molar-refractivity contribution is 7.12. The van der Waals surface area contributed by atoms with Crippen molar-refractivity contribution < 1.29 is 14.2 Å². The Kier molecular flexibility index (Phi) is 7.26. The molecule has 3 aromatic carbocycles. The molecule has 0 spiro atoms. The number of nitrogens with zero attached hydrogens (tertiary/aromatic N) is 1. The first kappa shape index (κ1) is 23.7. The van der Waals surface area contributed by atoms with E-state index in [2.05, 4.69) is 49.1 Å². The van der Waals surface area contributed by atoms with Crippen LogP contribution in [0.3, 0.4) is 0 Å². The Morgan fingerprint density at radius 2 is 1.54 bits per heavy atom. The molecule has 0 bridgehead atoms. The molecule has 35 heavy (non-hydrogen) atoms. The molecule has 1 fully saturated rings. The quantitative estimate of drug-likeness (QED) is 0.253. The largest absolute Gasteiger partial charge is 0.497 e. The molecule has 1 aromatic heterocycles. The second-order valence-corrected chi connectivity index (χ2v) is 10.6. The number of aryl methyl sites for hydroxylation is 2. The lowest BCUT2D eigenvalue weighted by Crippen LogP contribution is -2.33. The first-order chi connectivity index (χ1) is 17.1. The highest BCUT2D eigenvalue weighted by atomic mass is 32.1. The van der Waals surface area contributed by atoms with E-state index in [0.29, 0.717) is 6.61 Å². The second kappa shape index (κ2) is 10.7. The fourth-order valence-corrected chi connectivity index (χ4v) is 5.76. The zero-order chi connectivity index (χ0) is 24.2. The summed E-state index contributed by atoms with van der Waals surface area (Å²) < 4.78 is 18.0. The molecule has 4 nitrogen and oxygen atoms in total. The van der Waals surface area contributed by atoms with E-state index in [4.69, 9.17) is 14.2 Å². The number of hydrogen-bond acceptors (Lipinski definition) is 5. The summed E-state index contributed by atoms with van der Waals surface area (Å²) in [5.41, 5.74) is 2.32. The van der Waals surface area contributed by atoms with E-state index < -0.39 is 0 Å². The molecular formula is C30H33NO3S. The second-order valence-electron chi connectivity index (χ2n) is 9.18. The Labute approximate surface area is 212 Å². The van der Waals surface area contributed by atoms with E-state index in [-0.39, 0.29) is 0 Å². The molecule has 1 saturated heterocycles. The lowest BCUT2D eigenvalue weighted by atomic mass is 9.99. The van der Waals surface area contributed by atoms with Gasteiger partial charge in [-0.25, -0.2) is 0 Å². The van der Waals surface area contributed by atoms with Crippen LogP contribution in [0.25, 0.3) is 21.9 Å². The van der Waals surface area contributed by atoms with Crippen molar-refractivity contribution in [3.63, 3.8) is 0 Å². The number of methoxy groups -OCH3 is 1. The van der Waals surface area contributed by atoms with Crippen LogP contribution < -0.4 is 14.2 Å². The molecule has 0 amide bonds. The van der Waals surface area contributed by atoms with Crippen molar-refractivity contribution >= 4 is 22.1 Å². The summed E-state index contributed by atoms with van der Waals surface area (Å²) in [5.74, 6) is 3.37. The van der Waals surface area contributed by atoms with Crippen LogP contribution >= 0.6 is 11.3 Å². The van der Waals surface area contributed by atoms with E-state index >= 15 is 0 Å². The zero-order valence-electron chi connectivity index (χ0n) is 20.8. The fraction of sp³-hybridized carbons (Fsp3) is 0.333. The van der Waals surface area contributed by atoms with Gasteiger partial charge in [0.2, 0.25) is 0 Å². The minimum absolute atomic E-state index is 0.715. The van der Waals surface area contributed by atoms with Crippen LogP contribution in [-0.4, -0.2) is 38.3 Å². The summed E-state index contributed by atoms with van der Waals surface area (Å²) in [5, 5.41) is 2.15. The van der Waals surface area contributed by atoms with Gasteiger partial charge in [0, 0.05) is 27.2 Å². The van der Waals surface area contributed by atoms with E-state index in [1.807, 2.05) is 41.7 Å². The van der Waals surface area contributed by atoms with Crippen LogP contribution in [0.15, 0.2) is 60.7 Å². The van der Waals surface area contributed by atoms with E-state index in [0.717, 1.165) is 45.9 Å². The number of piperidine rings is 1. The molecule has 182 valence electrons. The average molecular weight is 488 g/mol. The molecular weight excluding hydrogens is 454 g/mol. The van der Waals surface area contributed by atoms with Crippen molar-refractivity contribution in [2.24, 2.45) is 0 Å². The third kappa shape index (κ3) is 5.47. The number of likely N-dealkylation sites (tertiary alicyclic amines) is 1. The summed E-state index contributed by atoms with van der Waals surface area (Å²) in [4.78, 5) is 5.08. The predicted octanol–water partition coefficient (Wildman–Crippen LogP) is 7.85. The van der Waals surface area contributed by atoms with Gasteiger partial charge < -0.3 is 14.2 Å². The van der Waals surface area contributed by atoms with Gasteiger partial charge in [-0.15, -0.1) is 11.3 Å². The zero-order valence-corrected chi connectivity index (χ0v) is 21.6. The number of hydrogen-bond donors (Lipinski definition) is 0. The molecule has 0 aliphatic carbocycles. The van der Waals surface area contributed by atoms with Crippen LogP contribution in [0.5, 0.6) is 23.0 Å². The highest BCUT2D eigenvalue weighted by Gasteiger charge is 2.16. The molecule has 0 saturated carbocycles. The van der Waals surface area contributed by atoms with Crippen molar-refractivity contribution in [1.82, 2.24) is 4.90 Å². The Morgan fingerprint density at radius 1 is 0.800 bits per heavy atom. The summed E-state index contributed by atoms with van der Waals surface area (Å²) >= 11 is 1.81. The Balaban J connectivity index is 1.39. The highest BCUT2D eigenvalue weighted by Crippen LogP contribution is 2.43. The first-order valence-corrected chi connectivity index (χ1v) is 13.2. The third-order valence-corrected chi connectivity index (χ3v) is 7.64. The van der Waals surface area contributed by atoms with Crippen LogP contribution in [0.1, 0.15) is 29.0 Å². The van der Waals surface area contributed by atoms with E-state index in [1.165, 1.54) is 47.7 Å². The van der Waals surface area contributed by atoms with Crippen LogP contribution in [0, 0.1) is 13.8 Å². The van der Waals surface area contributed by atoms with Gasteiger partial charge in [0.15, 0.2) is 0 Å². The number of thiophene rings is 1. The standard InChI is InChI=1S/C30H33NO3S/c1-21-19-29(22(2)35-21)28-13-7-23-20-26(32-3)12-14-27(23)30(28)34-25-10-8-24(9-11-25)33-18-17-31-15-5-4-6-16-31/h7-14,19-20H,4-6,15-18H2,1-3H3. The van der Waals surface area contributed by atoms with Crippen molar-refractivity contribution in [2.45, 2.75) is 33.1 Å². The lowest BCUT2D eigenvalue weighted by molar-refractivity contribution is 0.183. The van der Waals surface area contributed by atoms with Gasteiger partial charge in [0.1, 0.15) is 29.6 Å². The maximum Gasteiger partial charge on any atom is 0.143 e. The minimum Gasteiger partial charge on any atom is -0.497 e. The molecule has 2 heterocycles. The molecule has 1 aliphatic heterocycles. The van der Waals surface area contributed by atoms with E-state index in [9.17, 15) is 0 Å². The maximum atomic E-state index is 6.57. The van der Waals surface area contributed by atoms with Crippen LogP contribution in [0.4, 0.5) is 0 Å². The number of benzene rings is 3. The fourth-order valence-electron chi connectivity index (χ4n) is 4.82. The van der Waals surface area contributed by atoms with Crippen molar-refractivity contribution in [2.75, 3.05) is 33.4 Å². The van der Waals surface area contributed by atoms with Gasteiger partial charge >= 0.3 is 0 Å². The van der Waals surface area contributed by atoms with Gasteiger partial charge in [-0.3, -0.25) is 4.90 Å². The molecule has 5 rings (SSSR count). The summed E-state index contributed by atoms with van der Waals surface area (Å²) in [6, 6.07) is 20.7. The van der Waals surface area contributed by atoms with Crippen molar-refractivity contribution in [3.05, 3.63) is 70.4 Å². The molecule has 5 heteroatoms. The number of rotatable bonds is 8. The normalized spacial score (nSPS) is 14.3. The van der Waals surface area contributed by atoms with Crippen molar-refractivity contribution in [1.29, 1.82) is 0 Å². The monoisotopic (exact) mass is 487 g/mol. The minimum atomic E-state index is 0.715. The van der Waals surface area contributed by atoms with Gasteiger partial charge in [-0.05, 0) is 105 Å². The maximum absolute atomic E-state index is 6.57. The Bertz CT molecular complexity index is 1290. The molecule has 4 aromatic rings. The number of ether oxygens (including phenoxy) is 3. The van der Waals surface area contributed by atoms with Gasteiger partial charge in [0.05, 0.1) is 7.11 Å². The molecule has 1 aliphatic rings. The SMILES string of the molecule is COc1ccc2c(Oc3ccc(OCCN4CCCCC4)cc3)c(-c3cc(C)sc3C)ccc2c1. The third-order valence-electron chi connectivity index (χ3n) is 6.68. The molecule has 0 N–H and O–H groups in total.